The van der Waals surface area contributed by atoms with Crippen molar-refractivity contribution in [3.8, 4) is 0 Å². The number of nitrogen functional groups attached to an aromatic ring is 1. The lowest BCUT2D eigenvalue weighted by Crippen LogP contribution is -2.08. The number of nitrogens with two attached hydrogens (primary N) is 1. The molecule has 1 heterocycles. The van der Waals surface area contributed by atoms with Crippen LogP contribution in [0.2, 0.25) is 0 Å². The molecule has 0 bridgehead atoms. The highest BCUT2D eigenvalue weighted by atomic mass is 127. The van der Waals surface area contributed by atoms with Gasteiger partial charge in [-0.2, -0.15) is 0 Å². The van der Waals surface area contributed by atoms with Gasteiger partial charge in [0.2, 0.25) is 5.95 Å². The Labute approximate surface area is 108 Å². The first-order valence-corrected chi connectivity index (χ1v) is 6.76. The molecule has 84 valence electrons. The second-order valence-corrected chi connectivity index (χ2v) is 5.66. The van der Waals surface area contributed by atoms with Crippen LogP contribution in [0.5, 0.6) is 0 Å². The van der Waals surface area contributed by atoms with Crippen molar-refractivity contribution in [2.45, 2.75) is 31.7 Å². The van der Waals surface area contributed by atoms with E-state index in [2.05, 4.69) is 50.3 Å². The maximum atomic E-state index is 6.03. The van der Waals surface area contributed by atoms with Crippen LogP contribution in [0, 0.1) is 3.57 Å². The summed E-state index contributed by atoms with van der Waals surface area (Å²) in [4.78, 5) is 4.45. The molecule has 0 atom stereocenters. The van der Waals surface area contributed by atoms with E-state index in [4.69, 9.17) is 5.73 Å². The molecule has 2 N–H and O–H groups in total. The Morgan fingerprint density at radius 1 is 1.31 bits per heavy atom. The molecule has 0 unspecified atom stereocenters. The van der Waals surface area contributed by atoms with Gasteiger partial charge in [0, 0.05) is 9.61 Å². The van der Waals surface area contributed by atoms with Crippen LogP contribution >= 0.6 is 22.6 Å². The molecule has 2 aromatic rings. The number of rotatable bonds is 1. The van der Waals surface area contributed by atoms with Gasteiger partial charge in [0.1, 0.15) is 0 Å². The van der Waals surface area contributed by atoms with E-state index in [0.29, 0.717) is 12.0 Å². The van der Waals surface area contributed by atoms with E-state index in [1.165, 1.54) is 34.8 Å². The number of benzene rings is 1. The van der Waals surface area contributed by atoms with Crippen molar-refractivity contribution in [3.63, 3.8) is 0 Å². The summed E-state index contributed by atoms with van der Waals surface area (Å²) in [6, 6.07) is 6.91. The first-order valence-electron chi connectivity index (χ1n) is 5.68. The Morgan fingerprint density at radius 2 is 2.06 bits per heavy atom. The number of anilines is 1. The van der Waals surface area contributed by atoms with Gasteiger partial charge in [-0.25, -0.2) is 4.98 Å². The standard InChI is InChI=1S/C12H14IN3/c13-8-5-6-11-10(7-8)15-12(14)16(11)9-3-1-2-4-9/h5-7,9H,1-4H2,(H2,14,15). The summed E-state index contributed by atoms with van der Waals surface area (Å²) in [5.74, 6) is 0.670. The maximum Gasteiger partial charge on any atom is 0.201 e. The number of aromatic nitrogens is 2. The van der Waals surface area contributed by atoms with Crippen molar-refractivity contribution in [3.05, 3.63) is 21.8 Å². The van der Waals surface area contributed by atoms with Crippen molar-refractivity contribution in [1.82, 2.24) is 9.55 Å². The summed E-state index contributed by atoms with van der Waals surface area (Å²) in [5.41, 5.74) is 8.24. The lowest BCUT2D eigenvalue weighted by Gasteiger charge is -2.13. The molecule has 4 heteroatoms. The fourth-order valence-corrected chi connectivity index (χ4v) is 3.11. The molecule has 1 aliphatic rings. The smallest absolute Gasteiger partial charge is 0.201 e. The SMILES string of the molecule is Nc1nc2cc(I)ccc2n1C1CCCC1. The van der Waals surface area contributed by atoms with Crippen molar-refractivity contribution >= 4 is 39.6 Å². The average Bonchev–Trinajstić information content (AvgIpc) is 2.83. The largest absolute Gasteiger partial charge is 0.369 e. The molecule has 0 aliphatic heterocycles. The van der Waals surface area contributed by atoms with Crippen molar-refractivity contribution in [1.29, 1.82) is 0 Å². The van der Waals surface area contributed by atoms with Gasteiger partial charge in [0.05, 0.1) is 11.0 Å². The lowest BCUT2D eigenvalue weighted by molar-refractivity contribution is 0.539. The van der Waals surface area contributed by atoms with E-state index in [-0.39, 0.29) is 0 Å². The molecule has 0 spiro atoms. The highest BCUT2D eigenvalue weighted by Gasteiger charge is 2.21. The van der Waals surface area contributed by atoms with Crippen LogP contribution in [-0.2, 0) is 0 Å². The second kappa shape index (κ2) is 3.91. The van der Waals surface area contributed by atoms with Crippen LogP contribution in [0.25, 0.3) is 11.0 Å². The first kappa shape index (κ1) is 10.4. The summed E-state index contributed by atoms with van der Waals surface area (Å²) in [6.45, 7) is 0. The molecule has 1 aromatic heterocycles. The Balaban J connectivity index is 2.18. The summed E-state index contributed by atoms with van der Waals surface area (Å²) < 4.78 is 3.43. The summed E-state index contributed by atoms with van der Waals surface area (Å²) in [7, 11) is 0. The van der Waals surface area contributed by atoms with Crippen molar-refractivity contribution < 1.29 is 0 Å². The van der Waals surface area contributed by atoms with Crippen molar-refractivity contribution in [2.75, 3.05) is 5.73 Å². The molecule has 3 nitrogen and oxygen atoms in total. The quantitative estimate of drug-likeness (QED) is 0.817. The number of halogens is 1. The second-order valence-electron chi connectivity index (χ2n) is 4.41. The zero-order valence-corrected chi connectivity index (χ0v) is 11.1. The van der Waals surface area contributed by atoms with Gasteiger partial charge in [0.15, 0.2) is 0 Å². The third-order valence-electron chi connectivity index (χ3n) is 3.37. The van der Waals surface area contributed by atoms with Crippen LogP contribution in [0.15, 0.2) is 18.2 Å². The van der Waals surface area contributed by atoms with Gasteiger partial charge in [0.25, 0.3) is 0 Å². The zero-order chi connectivity index (χ0) is 11.1. The number of nitrogens with zero attached hydrogens (tertiary/aromatic N) is 2. The third-order valence-corrected chi connectivity index (χ3v) is 4.04. The predicted octanol–water partition coefficient (Wildman–Crippen LogP) is 3.34. The van der Waals surface area contributed by atoms with Gasteiger partial charge in [-0.05, 0) is 53.6 Å². The minimum atomic E-state index is 0.560. The molecule has 1 aliphatic carbocycles. The van der Waals surface area contributed by atoms with E-state index < -0.39 is 0 Å². The van der Waals surface area contributed by atoms with Crippen molar-refractivity contribution in [2.24, 2.45) is 0 Å². The highest BCUT2D eigenvalue weighted by Crippen LogP contribution is 2.34. The minimum absolute atomic E-state index is 0.560. The van der Waals surface area contributed by atoms with Gasteiger partial charge in [-0.15, -0.1) is 0 Å². The van der Waals surface area contributed by atoms with Crippen LogP contribution < -0.4 is 5.73 Å². The van der Waals surface area contributed by atoms with Crippen LogP contribution in [0.1, 0.15) is 31.7 Å². The van der Waals surface area contributed by atoms with Crippen LogP contribution in [0.3, 0.4) is 0 Å². The molecular formula is C12H14IN3. The Kier molecular flexibility index (Phi) is 2.53. The Bertz CT molecular complexity index is 526. The fourth-order valence-electron chi connectivity index (χ4n) is 2.64. The third kappa shape index (κ3) is 1.59. The predicted molar refractivity (Wildman–Crippen MR) is 74.4 cm³/mol. The normalized spacial score (nSPS) is 17.3. The van der Waals surface area contributed by atoms with Gasteiger partial charge < -0.3 is 10.3 Å². The number of hydrogen-bond donors (Lipinski definition) is 1. The fraction of sp³-hybridized carbons (Fsp3) is 0.417. The number of fused-ring (bicyclic) bond motifs is 1. The molecule has 0 saturated heterocycles. The molecule has 1 aromatic carbocycles. The lowest BCUT2D eigenvalue weighted by atomic mass is 10.2. The van der Waals surface area contributed by atoms with Gasteiger partial charge >= 0.3 is 0 Å². The molecule has 0 amide bonds. The number of hydrogen-bond acceptors (Lipinski definition) is 2. The van der Waals surface area contributed by atoms with E-state index in [1.54, 1.807) is 0 Å². The first-order chi connectivity index (χ1) is 7.75. The summed E-state index contributed by atoms with van der Waals surface area (Å²) >= 11 is 2.31. The van der Waals surface area contributed by atoms with E-state index in [1.807, 2.05) is 0 Å². The topological polar surface area (TPSA) is 43.8 Å². The van der Waals surface area contributed by atoms with Gasteiger partial charge in [-0.1, -0.05) is 12.8 Å². The average molecular weight is 327 g/mol. The summed E-state index contributed by atoms with van der Waals surface area (Å²) in [5, 5.41) is 0. The van der Waals surface area contributed by atoms with E-state index in [0.717, 1.165) is 5.52 Å². The van der Waals surface area contributed by atoms with Crippen LogP contribution in [0.4, 0.5) is 5.95 Å². The molecule has 1 fully saturated rings. The summed E-state index contributed by atoms with van der Waals surface area (Å²) in [6.07, 6.45) is 5.10. The van der Waals surface area contributed by atoms with Crippen LogP contribution in [-0.4, -0.2) is 9.55 Å². The highest BCUT2D eigenvalue weighted by molar-refractivity contribution is 14.1. The molecule has 1 saturated carbocycles. The number of imidazole rings is 1. The molecule has 3 rings (SSSR count). The van der Waals surface area contributed by atoms with E-state index >= 15 is 0 Å². The molecule has 0 radical (unpaired) electrons. The zero-order valence-electron chi connectivity index (χ0n) is 8.99. The van der Waals surface area contributed by atoms with Gasteiger partial charge in [-0.3, -0.25) is 0 Å². The Morgan fingerprint density at radius 3 is 2.81 bits per heavy atom. The Hall–Kier alpha value is -0.780. The maximum absolute atomic E-state index is 6.03. The monoisotopic (exact) mass is 327 g/mol. The molecular weight excluding hydrogens is 313 g/mol. The molecule has 16 heavy (non-hydrogen) atoms. The van der Waals surface area contributed by atoms with E-state index in [9.17, 15) is 0 Å². The minimum Gasteiger partial charge on any atom is -0.369 e.